The van der Waals surface area contributed by atoms with Crippen LogP contribution in [0.25, 0.3) is 0 Å². The Labute approximate surface area is 176 Å². The maximum atomic E-state index is 12.3. The standard InChI is InChI=1S/C21H30N6O3/c1-21(2,3)30-20(29)17(22)12-24-19(28)15-11-25-27(13-15)10-8-16-7-6-14-5-4-9-23-18(14)26-16/h6-7,11,13,17H,4-5,8-10,12,22H2,1-3H3,(H,23,26)(H,24,28)/t17-/m0/s1. The van der Waals surface area contributed by atoms with Gasteiger partial charge in [0, 0.05) is 37.9 Å². The molecule has 0 saturated heterocycles. The maximum absolute atomic E-state index is 12.3. The Bertz CT molecular complexity index is 902. The molecule has 0 aromatic carbocycles. The molecule has 9 heteroatoms. The Kier molecular flexibility index (Phi) is 6.71. The molecule has 9 nitrogen and oxygen atoms in total. The van der Waals surface area contributed by atoms with E-state index in [1.165, 1.54) is 11.8 Å². The number of pyridine rings is 1. The normalized spacial score (nSPS) is 14.4. The van der Waals surface area contributed by atoms with E-state index >= 15 is 0 Å². The summed E-state index contributed by atoms with van der Waals surface area (Å²) in [6, 6.07) is 3.24. The van der Waals surface area contributed by atoms with Gasteiger partial charge in [-0.25, -0.2) is 4.98 Å². The molecule has 0 bridgehead atoms. The number of ether oxygens (including phenoxy) is 1. The first-order chi connectivity index (χ1) is 14.2. The van der Waals surface area contributed by atoms with Gasteiger partial charge in [0.1, 0.15) is 17.5 Å². The van der Waals surface area contributed by atoms with E-state index in [0.29, 0.717) is 18.5 Å². The van der Waals surface area contributed by atoms with E-state index in [1.807, 2.05) is 6.07 Å². The van der Waals surface area contributed by atoms with Crippen molar-refractivity contribution in [1.82, 2.24) is 20.1 Å². The number of aromatic nitrogens is 3. The summed E-state index contributed by atoms with van der Waals surface area (Å²) in [4.78, 5) is 28.9. The summed E-state index contributed by atoms with van der Waals surface area (Å²) in [6.07, 6.45) is 6.07. The third-order valence-electron chi connectivity index (χ3n) is 4.64. The van der Waals surface area contributed by atoms with Crippen LogP contribution in [0.2, 0.25) is 0 Å². The van der Waals surface area contributed by atoms with E-state index < -0.39 is 17.6 Å². The van der Waals surface area contributed by atoms with Crippen LogP contribution in [0.1, 0.15) is 48.8 Å². The number of esters is 1. The third kappa shape index (κ3) is 6.03. The quantitative estimate of drug-likeness (QED) is 0.583. The number of hydrogen-bond acceptors (Lipinski definition) is 7. The van der Waals surface area contributed by atoms with Crippen molar-refractivity contribution >= 4 is 17.7 Å². The van der Waals surface area contributed by atoms with Gasteiger partial charge in [-0.1, -0.05) is 6.07 Å². The molecular formula is C21H30N6O3. The first-order valence-corrected chi connectivity index (χ1v) is 10.2. The van der Waals surface area contributed by atoms with E-state index in [9.17, 15) is 9.59 Å². The van der Waals surface area contributed by atoms with Gasteiger partial charge in [-0.2, -0.15) is 5.10 Å². The Morgan fingerprint density at radius 1 is 1.37 bits per heavy atom. The van der Waals surface area contributed by atoms with Gasteiger partial charge in [0.25, 0.3) is 5.91 Å². The molecule has 4 N–H and O–H groups in total. The summed E-state index contributed by atoms with van der Waals surface area (Å²) in [7, 11) is 0. The largest absolute Gasteiger partial charge is 0.459 e. The summed E-state index contributed by atoms with van der Waals surface area (Å²) in [5.74, 6) is 0.0857. The Balaban J connectivity index is 1.48. The zero-order chi connectivity index (χ0) is 21.7. The smallest absolute Gasteiger partial charge is 0.325 e. The van der Waals surface area contributed by atoms with Crippen molar-refractivity contribution in [1.29, 1.82) is 0 Å². The van der Waals surface area contributed by atoms with Crippen LogP contribution >= 0.6 is 0 Å². The molecule has 2 aromatic rings. The number of rotatable bonds is 7. The fraction of sp³-hybridized carbons (Fsp3) is 0.524. The van der Waals surface area contributed by atoms with Crippen molar-refractivity contribution in [2.24, 2.45) is 5.73 Å². The Hall–Kier alpha value is -2.94. The van der Waals surface area contributed by atoms with Gasteiger partial charge in [0.15, 0.2) is 0 Å². The van der Waals surface area contributed by atoms with Crippen molar-refractivity contribution in [2.75, 3.05) is 18.4 Å². The lowest BCUT2D eigenvalue weighted by Gasteiger charge is -2.22. The van der Waals surface area contributed by atoms with Crippen LogP contribution in [0.5, 0.6) is 0 Å². The third-order valence-corrected chi connectivity index (χ3v) is 4.64. The van der Waals surface area contributed by atoms with E-state index in [2.05, 4.69) is 26.8 Å². The number of nitrogens with two attached hydrogens (primary N) is 1. The molecule has 0 fully saturated rings. The second-order valence-corrected chi connectivity index (χ2v) is 8.43. The number of nitrogens with zero attached hydrogens (tertiary/aromatic N) is 3. The average molecular weight is 415 g/mol. The van der Waals surface area contributed by atoms with Crippen molar-refractivity contribution in [3.05, 3.63) is 41.3 Å². The van der Waals surface area contributed by atoms with Gasteiger partial charge < -0.3 is 21.1 Å². The van der Waals surface area contributed by atoms with Crippen molar-refractivity contribution < 1.29 is 14.3 Å². The summed E-state index contributed by atoms with van der Waals surface area (Å²) in [6.45, 7) is 6.85. The van der Waals surface area contributed by atoms with Crippen LogP contribution in [0, 0.1) is 0 Å². The highest BCUT2D eigenvalue weighted by Gasteiger charge is 2.23. The number of carbonyl (C=O) groups is 2. The van der Waals surface area contributed by atoms with Gasteiger partial charge >= 0.3 is 5.97 Å². The molecule has 1 aliphatic heterocycles. The zero-order valence-corrected chi connectivity index (χ0v) is 17.8. The lowest BCUT2D eigenvalue weighted by molar-refractivity contribution is -0.156. The van der Waals surface area contributed by atoms with Gasteiger partial charge in [-0.05, 0) is 45.2 Å². The monoisotopic (exact) mass is 414 g/mol. The Morgan fingerprint density at radius 3 is 2.93 bits per heavy atom. The molecule has 30 heavy (non-hydrogen) atoms. The predicted octanol–water partition coefficient (Wildman–Crippen LogP) is 1.28. The second kappa shape index (κ2) is 9.25. The molecule has 0 spiro atoms. The zero-order valence-electron chi connectivity index (χ0n) is 17.8. The van der Waals surface area contributed by atoms with E-state index in [4.69, 9.17) is 10.5 Å². The molecule has 162 valence electrons. The van der Waals surface area contributed by atoms with Gasteiger partial charge in [0.2, 0.25) is 0 Å². The van der Waals surface area contributed by atoms with Gasteiger partial charge in [0.05, 0.1) is 11.8 Å². The topological polar surface area (TPSA) is 124 Å². The summed E-state index contributed by atoms with van der Waals surface area (Å²) >= 11 is 0. The summed E-state index contributed by atoms with van der Waals surface area (Å²) in [5.41, 5.74) is 7.82. The van der Waals surface area contributed by atoms with E-state index in [0.717, 1.165) is 30.9 Å². The lowest BCUT2D eigenvalue weighted by Crippen LogP contribution is -2.45. The van der Waals surface area contributed by atoms with Crippen LogP contribution in [0.4, 0.5) is 5.82 Å². The molecular weight excluding hydrogens is 384 g/mol. The fourth-order valence-electron chi connectivity index (χ4n) is 3.11. The van der Waals surface area contributed by atoms with E-state index in [1.54, 1.807) is 31.6 Å². The maximum Gasteiger partial charge on any atom is 0.325 e. The SMILES string of the molecule is CC(C)(C)OC(=O)[C@@H](N)CNC(=O)c1cnn(CCc2ccc3c(n2)NCCC3)c1. The highest BCUT2D eigenvalue weighted by molar-refractivity contribution is 5.94. The molecule has 1 aliphatic rings. The molecule has 0 unspecified atom stereocenters. The number of fused-ring (bicyclic) bond motifs is 1. The highest BCUT2D eigenvalue weighted by atomic mass is 16.6. The predicted molar refractivity (Wildman–Crippen MR) is 113 cm³/mol. The lowest BCUT2D eigenvalue weighted by atomic mass is 10.1. The second-order valence-electron chi connectivity index (χ2n) is 8.43. The van der Waals surface area contributed by atoms with Gasteiger partial charge in [-0.3, -0.25) is 14.3 Å². The highest BCUT2D eigenvalue weighted by Crippen LogP contribution is 2.20. The molecule has 3 rings (SSSR count). The summed E-state index contributed by atoms with van der Waals surface area (Å²) < 4.78 is 6.91. The minimum Gasteiger partial charge on any atom is -0.459 e. The molecule has 1 atom stereocenters. The molecule has 1 amide bonds. The first-order valence-electron chi connectivity index (χ1n) is 10.2. The molecule has 0 aliphatic carbocycles. The van der Waals surface area contributed by atoms with E-state index in [-0.39, 0.29) is 12.5 Å². The number of carbonyl (C=O) groups excluding carboxylic acids is 2. The number of anilines is 1. The molecule has 0 saturated carbocycles. The van der Waals surface area contributed by atoms with Crippen LogP contribution in [0.15, 0.2) is 24.5 Å². The molecule has 3 heterocycles. The molecule has 0 radical (unpaired) electrons. The van der Waals surface area contributed by atoms with Crippen LogP contribution in [-0.2, 0) is 28.9 Å². The summed E-state index contributed by atoms with van der Waals surface area (Å²) in [5, 5.41) is 10.2. The van der Waals surface area contributed by atoms with Crippen molar-refractivity contribution in [2.45, 2.75) is 58.2 Å². The number of hydrogen-bond donors (Lipinski definition) is 3. The van der Waals surface area contributed by atoms with Crippen LogP contribution in [0.3, 0.4) is 0 Å². The van der Waals surface area contributed by atoms with Gasteiger partial charge in [-0.15, -0.1) is 0 Å². The van der Waals surface area contributed by atoms with Crippen LogP contribution < -0.4 is 16.4 Å². The van der Waals surface area contributed by atoms with Crippen molar-refractivity contribution in [3.8, 4) is 0 Å². The van der Waals surface area contributed by atoms with Crippen LogP contribution in [-0.4, -0.2) is 51.4 Å². The number of aryl methyl sites for hydroxylation is 3. The number of amides is 1. The minimum atomic E-state index is -0.924. The first kappa shape index (κ1) is 21.8. The minimum absolute atomic E-state index is 0.00896. The number of nitrogens with one attached hydrogen (secondary N) is 2. The average Bonchev–Trinajstić information content (AvgIpc) is 3.18. The Morgan fingerprint density at radius 2 is 2.17 bits per heavy atom. The molecule has 2 aromatic heterocycles. The fourth-order valence-corrected chi connectivity index (χ4v) is 3.11. The van der Waals surface area contributed by atoms with Crippen molar-refractivity contribution in [3.63, 3.8) is 0 Å².